The number of carbonyl (C=O) groups is 3. The Morgan fingerprint density at radius 1 is 0.870 bits per heavy atom. The Hall–Kier alpha value is -1.85. The van der Waals surface area contributed by atoms with Gasteiger partial charge in [0.05, 0.1) is 16.9 Å². The molecule has 5 aliphatic carbocycles. The third-order valence-corrected chi connectivity index (χ3v) is 15.1. The number of hydrogen-bond acceptors (Lipinski definition) is 8. The van der Waals surface area contributed by atoms with Gasteiger partial charge in [0.1, 0.15) is 24.6 Å². The predicted molar refractivity (Wildman–Crippen MR) is 166 cm³/mol. The molecule has 5 fully saturated rings. The van der Waals surface area contributed by atoms with E-state index in [9.17, 15) is 39.9 Å². The van der Waals surface area contributed by atoms with Crippen LogP contribution in [-0.4, -0.2) is 80.6 Å². The minimum atomic E-state index is -1.82. The molecule has 6 aliphatic rings. The second kappa shape index (κ2) is 10.8. The molecule has 14 atom stereocenters. The number of carboxylic acids is 2. The number of aldehydes is 1. The summed E-state index contributed by atoms with van der Waals surface area (Å²) in [5.41, 5.74) is -0.721. The Balaban J connectivity index is 1.31. The van der Waals surface area contributed by atoms with Crippen molar-refractivity contribution in [2.24, 2.45) is 50.2 Å². The average Bonchev–Trinajstić information content (AvgIpc) is 2.98. The number of aliphatic hydroxyl groups excluding tert-OH is 3. The molecule has 0 spiro atoms. The van der Waals surface area contributed by atoms with Gasteiger partial charge in [-0.05, 0) is 104 Å². The number of allylic oxidation sites excluding steroid dienone is 2. The van der Waals surface area contributed by atoms with Gasteiger partial charge in [-0.3, -0.25) is 4.79 Å². The summed E-state index contributed by atoms with van der Waals surface area (Å²) in [5.74, 6) is -1.92. The van der Waals surface area contributed by atoms with E-state index in [1.807, 2.05) is 6.92 Å². The highest BCUT2D eigenvalue weighted by molar-refractivity contribution is 5.76. The first-order chi connectivity index (χ1) is 21.3. The minimum Gasteiger partial charge on any atom is -0.481 e. The minimum absolute atomic E-state index is 0.0191. The highest BCUT2D eigenvalue weighted by Crippen LogP contribution is 2.75. The van der Waals surface area contributed by atoms with Gasteiger partial charge in [0.15, 0.2) is 12.4 Å². The Morgan fingerprint density at radius 2 is 1.54 bits per heavy atom. The summed E-state index contributed by atoms with van der Waals surface area (Å²) in [5, 5.41) is 51.3. The van der Waals surface area contributed by atoms with Crippen molar-refractivity contribution >= 4 is 18.2 Å². The Bertz CT molecular complexity index is 1310. The van der Waals surface area contributed by atoms with E-state index in [1.165, 1.54) is 5.57 Å². The largest absolute Gasteiger partial charge is 0.481 e. The van der Waals surface area contributed by atoms with E-state index < -0.39 is 59.6 Å². The fourth-order valence-corrected chi connectivity index (χ4v) is 12.0. The van der Waals surface area contributed by atoms with Crippen LogP contribution in [-0.2, 0) is 23.9 Å². The monoisotopic (exact) mass is 646 g/mol. The molecule has 0 aromatic rings. The molecule has 10 nitrogen and oxygen atoms in total. The second-order valence-corrected chi connectivity index (χ2v) is 17.6. The van der Waals surface area contributed by atoms with Gasteiger partial charge >= 0.3 is 11.9 Å². The van der Waals surface area contributed by atoms with Crippen molar-refractivity contribution in [2.75, 3.05) is 0 Å². The summed E-state index contributed by atoms with van der Waals surface area (Å²) < 4.78 is 11.7. The van der Waals surface area contributed by atoms with Crippen LogP contribution in [0.2, 0.25) is 0 Å². The summed E-state index contributed by atoms with van der Waals surface area (Å²) >= 11 is 0. The summed E-state index contributed by atoms with van der Waals surface area (Å²) in [6, 6.07) is 0. The summed E-state index contributed by atoms with van der Waals surface area (Å²) in [6.45, 7) is 13.5. The molecule has 1 saturated heterocycles. The molecule has 9 unspecified atom stereocenters. The first-order valence-electron chi connectivity index (χ1n) is 17.3. The standard InChI is InChI=1S/C36H54O10/c1-31(2)13-15-36(30(43)44)16-14-34(5)19(20(36)17-31)7-8-22-32(3)11-10-23(33(4,18-37)21(32)9-12-35(22,34)6)45-29-26(40)24(38)25(39)27(46-29)28(41)42/h7,18,20-27,29,38-40H,8-17H2,1-6H3,(H,41,42)(H,43,44)/t20?,21?,22?,23?,24-,25+,26-,27+,29-,32?,33?,34?,35?,36?/m1/s1. The molecule has 1 aliphatic heterocycles. The first kappa shape index (κ1) is 34.0. The van der Waals surface area contributed by atoms with Crippen molar-refractivity contribution in [2.45, 2.75) is 143 Å². The number of aliphatic carboxylic acids is 2. The summed E-state index contributed by atoms with van der Waals surface area (Å²) in [4.78, 5) is 37.7. The number of aliphatic hydroxyl groups is 3. The molecule has 0 aromatic carbocycles. The molecular formula is C36H54O10. The zero-order valence-corrected chi connectivity index (χ0v) is 28.2. The number of ether oxygens (including phenoxy) is 2. The quantitative estimate of drug-likeness (QED) is 0.165. The molecular weight excluding hydrogens is 592 g/mol. The lowest BCUT2D eigenvalue weighted by atomic mass is 9.33. The fourth-order valence-electron chi connectivity index (χ4n) is 12.0. The lowest BCUT2D eigenvalue weighted by Gasteiger charge is -2.71. The van der Waals surface area contributed by atoms with E-state index in [-0.39, 0.29) is 39.4 Å². The van der Waals surface area contributed by atoms with Crippen molar-refractivity contribution in [3.63, 3.8) is 0 Å². The van der Waals surface area contributed by atoms with E-state index in [0.29, 0.717) is 12.8 Å². The third kappa shape index (κ3) is 4.49. The molecule has 5 N–H and O–H groups in total. The van der Waals surface area contributed by atoms with Gasteiger partial charge in [0.2, 0.25) is 0 Å². The molecule has 46 heavy (non-hydrogen) atoms. The van der Waals surface area contributed by atoms with Crippen LogP contribution in [0.5, 0.6) is 0 Å². The number of carbonyl (C=O) groups excluding carboxylic acids is 1. The van der Waals surface area contributed by atoms with Gasteiger partial charge in [-0.15, -0.1) is 0 Å². The Labute approximate surface area is 271 Å². The molecule has 0 amide bonds. The van der Waals surface area contributed by atoms with Gasteiger partial charge in [-0.25, -0.2) is 4.79 Å². The molecule has 0 radical (unpaired) electrons. The first-order valence-corrected chi connectivity index (χ1v) is 17.3. The van der Waals surface area contributed by atoms with Crippen molar-refractivity contribution in [1.82, 2.24) is 0 Å². The molecule has 6 rings (SSSR count). The molecule has 10 heteroatoms. The predicted octanol–water partition coefficient (Wildman–Crippen LogP) is 4.33. The van der Waals surface area contributed by atoms with Crippen LogP contribution < -0.4 is 0 Å². The molecule has 0 bridgehead atoms. The molecule has 4 saturated carbocycles. The number of carboxylic acid groups (broad SMARTS) is 2. The maximum absolute atomic E-state index is 13.1. The summed E-state index contributed by atoms with van der Waals surface area (Å²) in [6.07, 6.45) is 1.84. The van der Waals surface area contributed by atoms with Crippen LogP contribution in [0.3, 0.4) is 0 Å². The third-order valence-electron chi connectivity index (χ3n) is 15.1. The SMILES string of the molecule is CC1(C)CCC2(C(=O)O)CCC3(C)C(=CCC4C5(C)CCC(O[C@@H]6O[C@H](C(=O)O)[C@@H](O)[C@@H](O)[C@H]6O)C(C)(C=O)C5CCC43C)C2C1. The van der Waals surface area contributed by atoms with Crippen LogP contribution in [0, 0.1) is 50.2 Å². The van der Waals surface area contributed by atoms with E-state index in [4.69, 9.17) is 9.47 Å². The summed E-state index contributed by atoms with van der Waals surface area (Å²) in [7, 11) is 0. The highest BCUT2D eigenvalue weighted by Gasteiger charge is 2.70. The van der Waals surface area contributed by atoms with Crippen molar-refractivity contribution in [1.29, 1.82) is 0 Å². The van der Waals surface area contributed by atoms with Gasteiger partial charge < -0.3 is 39.8 Å². The highest BCUT2D eigenvalue weighted by atomic mass is 16.7. The van der Waals surface area contributed by atoms with Crippen LogP contribution >= 0.6 is 0 Å². The smallest absolute Gasteiger partial charge is 0.335 e. The normalized spacial score (nSPS) is 53.0. The maximum atomic E-state index is 13.1. The fraction of sp³-hybridized carbons (Fsp3) is 0.861. The Morgan fingerprint density at radius 3 is 2.17 bits per heavy atom. The topological polar surface area (TPSA) is 171 Å². The van der Waals surface area contributed by atoms with E-state index >= 15 is 0 Å². The van der Waals surface area contributed by atoms with Crippen LogP contribution in [0.15, 0.2) is 11.6 Å². The van der Waals surface area contributed by atoms with Crippen LogP contribution in [0.1, 0.15) is 106 Å². The number of rotatable bonds is 5. The number of hydrogen-bond donors (Lipinski definition) is 5. The van der Waals surface area contributed by atoms with E-state index in [1.54, 1.807) is 0 Å². The lowest BCUT2D eigenvalue weighted by Crippen LogP contribution is -2.67. The zero-order valence-electron chi connectivity index (χ0n) is 28.2. The van der Waals surface area contributed by atoms with E-state index in [2.05, 4.69) is 40.7 Å². The number of fused-ring (bicyclic) bond motifs is 7. The average molecular weight is 647 g/mol. The molecule has 258 valence electrons. The van der Waals surface area contributed by atoms with Crippen molar-refractivity contribution < 1.29 is 49.4 Å². The molecule has 0 aromatic heterocycles. The van der Waals surface area contributed by atoms with Gasteiger partial charge in [0.25, 0.3) is 0 Å². The van der Waals surface area contributed by atoms with Crippen LogP contribution in [0.4, 0.5) is 0 Å². The van der Waals surface area contributed by atoms with Crippen LogP contribution in [0.25, 0.3) is 0 Å². The van der Waals surface area contributed by atoms with Crippen molar-refractivity contribution in [3.8, 4) is 0 Å². The van der Waals surface area contributed by atoms with Crippen molar-refractivity contribution in [3.05, 3.63) is 11.6 Å². The van der Waals surface area contributed by atoms with E-state index in [0.717, 1.165) is 57.7 Å². The van der Waals surface area contributed by atoms with Gasteiger partial charge in [-0.2, -0.15) is 0 Å². The molecule has 1 heterocycles. The Kier molecular flexibility index (Phi) is 8.01. The lowest BCUT2D eigenvalue weighted by molar-refractivity contribution is -0.321. The maximum Gasteiger partial charge on any atom is 0.335 e. The zero-order chi connectivity index (χ0) is 33.8. The second-order valence-electron chi connectivity index (χ2n) is 17.6. The van der Waals surface area contributed by atoms with Gasteiger partial charge in [-0.1, -0.05) is 53.2 Å². The van der Waals surface area contributed by atoms with Gasteiger partial charge in [0, 0.05) is 0 Å².